The number of methoxy groups -OCH3 is 2. The highest BCUT2D eigenvalue weighted by Gasteiger charge is 2.20. The van der Waals surface area contributed by atoms with E-state index in [4.69, 9.17) is 9.47 Å². The van der Waals surface area contributed by atoms with Crippen molar-refractivity contribution >= 4 is 28.6 Å². The lowest BCUT2D eigenvalue weighted by Gasteiger charge is -2.17. The molecule has 26 heavy (non-hydrogen) atoms. The van der Waals surface area contributed by atoms with Crippen molar-refractivity contribution in [2.75, 3.05) is 20.0 Å². The van der Waals surface area contributed by atoms with Gasteiger partial charge in [0.25, 0.3) is 5.91 Å². The lowest BCUT2D eigenvalue weighted by molar-refractivity contribution is 0.0942. The molecule has 1 aliphatic heterocycles. The maximum absolute atomic E-state index is 12.8. The summed E-state index contributed by atoms with van der Waals surface area (Å²) in [6.07, 6.45) is 0. The van der Waals surface area contributed by atoms with E-state index in [9.17, 15) is 4.79 Å². The van der Waals surface area contributed by atoms with E-state index >= 15 is 0 Å². The minimum atomic E-state index is -0.0723. The quantitative estimate of drug-likeness (QED) is 0.746. The summed E-state index contributed by atoms with van der Waals surface area (Å²) in [7, 11) is 3.23. The predicted octanol–water partition coefficient (Wildman–Crippen LogP) is 3.69. The first kappa shape index (κ1) is 16.8. The van der Waals surface area contributed by atoms with Crippen molar-refractivity contribution in [1.29, 1.82) is 0 Å². The van der Waals surface area contributed by atoms with Crippen LogP contribution in [0.2, 0.25) is 0 Å². The molecule has 4 rings (SSSR count). The van der Waals surface area contributed by atoms with Gasteiger partial charge in [-0.3, -0.25) is 4.79 Å². The Morgan fingerprint density at radius 1 is 1.19 bits per heavy atom. The van der Waals surface area contributed by atoms with Crippen LogP contribution in [-0.2, 0) is 13.1 Å². The number of nitrogens with zero attached hydrogens (tertiary/aromatic N) is 1. The van der Waals surface area contributed by atoms with Crippen LogP contribution in [0.25, 0.3) is 10.9 Å². The number of carbonyl (C=O) groups excluding carboxylic acids is 1. The van der Waals surface area contributed by atoms with Gasteiger partial charge in [0.1, 0.15) is 17.2 Å². The number of aryl methyl sites for hydroxylation is 1. The molecule has 1 aromatic heterocycles. The van der Waals surface area contributed by atoms with Gasteiger partial charge in [-0.15, -0.1) is 11.8 Å². The first-order valence-corrected chi connectivity index (χ1v) is 9.44. The Morgan fingerprint density at radius 3 is 2.88 bits per heavy atom. The maximum Gasteiger partial charge on any atom is 0.268 e. The standard InChI is InChI=1S/C20H20N2O3S/c1-24-15-7-6-14(17(11-15)25-2)12-21-20(23)16-10-13-4-3-5-18-19(13)22(16)8-9-26-18/h3-7,10-11H,8-9,12H2,1-2H3,(H,21,23). The second-order valence-electron chi connectivity index (χ2n) is 6.08. The normalized spacial score (nSPS) is 12.8. The van der Waals surface area contributed by atoms with Crippen molar-refractivity contribution in [3.8, 4) is 11.5 Å². The number of nitrogens with one attached hydrogen (secondary N) is 1. The highest BCUT2D eigenvalue weighted by atomic mass is 32.2. The summed E-state index contributed by atoms with van der Waals surface area (Å²) in [6.45, 7) is 1.24. The average Bonchev–Trinajstić information content (AvgIpc) is 3.07. The molecule has 0 fully saturated rings. The zero-order valence-electron chi connectivity index (χ0n) is 14.7. The van der Waals surface area contributed by atoms with Crippen LogP contribution in [0.1, 0.15) is 16.1 Å². The molecule has 2 heterocycles. The topological polar surface area (TPSA) is 52.5 Å². The smallest absolute Gasteiger partial charge is 0.268 e. The number of ether oxygens (including phenoxy) is 2. The molecule has 0 saturated carbocycles. The lowest BCUT2D eigenvalue weighted by Crippen LogP contribution is -2.26. The van der Waals surface area contributed by atoms with Crippen LogP contribution in [0, 0.1) is 0 Å². The Labute approximate surface area is 156 Å². The number of hydrogen-bond donors (Lipinski definition) is 1. The van der Waals surface area contributed by atoms with E-state index in [1.54, 1.807) is 14.2 Å². The fraction of sp³-hybridized carbons (Fsp3) is 0.250. The SMILES string of the molecule is COc1ccc(CNC(=O)c2cc3cccc4c3n2CCS4)c(OC)c1. The molecule has 1 aliphatic rings. The van der Waals surface area contributed by atoms with E-state index in [2.05, 4.69) is 22.0 Å². The molecule has 2 aromatic carbocycles. The number of thioether (sulfide) groups is 1. The summed E-state index contributed by atoms with van der Waals surface area (Å²) < 4.78 is 12.7. The van der Waals surface area contributed by atoms with Crippen molar-refractivity contribution in [3.63, 3.8) is 0 Å². The van der Waals surface area contributed by atoms with Gasteiger partial charge >= 0.3 is 0 Å². The van der Waals surface area contributed by atoms with E-state index in [1.165, 1.54) is 4.90 Å². The van der Waals surface area contributed by atoms with Crippen LogP contribution < -0.4 is 14.8 Å². The highest BCUT2D eigenvalue weighted by Crippen LogP contribution is 2.34. The summed E-state index contributed by atoms with van der Waals surface area (Å²) in [4.78, 5) is 14.1. The monoisotopic (exact) mass is 368 g/mol. The van der Waals surface area contributed by atoms with Gasteiger partial charge in [-0.25, -0.2) is 0 Å². The van der Waals surface area contributed by atoms with E-state index in [-0.39, 0.29) is 5.91 Å². The number of para-hydroxylation sites is 1. The molecule has 0 saturated heterocycles. The summed E-state index contributed by atoms with van der Waals surface area (Å²) in [5.74, 6) is 2.33. The van der Waals surface area contributed by atoms with E-state index in [0.29, 0.717) is 18.0 Å². The first-order chi connectivity index (χ1) is 12.7. The van der Waals surface area contributed by atoms with Gasteiger partial charge in [-0.1, -0.05) is 12.1 Å². The van der Waals surface area contributed by atoms with Crippen molar-refractivity contribution in [2.45, 2.75) is 18.0 Å². The fourth-order valence-corrected chi connectivity index (χ4v) is 4.37. The average molecular weight is 368 g/mol. The molecule has 3 aromatic rings. The Balaban J connectivity index is 1.58. The third kappa shape index (κ3) is 2.90. The molecule has 0 unspecified atom stereocenters. The van der Waals surface area contributed by atoms with Gasteiger partial charge in [0.2, 0.25) is 0 Å². The number of carbonyl (C=O) groups is 1. The number of hydrogen-bond acceptors (Lipinski definition) is 4. The van der Waals surface area contributed by atoms with Gasteiger partial charge in [0, 0.05) is 40.8 Å². The Bertz CT molecular complexity index is 981. The molecule has 5 nitrogen and oxygen atoms in total. The molecular weight excluding hydrogens is 348 g/mol. The predicted molar refractivity (Wildman–Crippen MR) is 103 cm³/mol. The van der Waals surface area contributed by atoms with Gasteiger partial charge in [-0.2, -0.15) is 0 Å². The van der Waals surface area contributed by atoms with Gasteiger partial charge in [0.05, 0.1) is 19.7 Å². The second-order valence-corrected chi connectivity index (χ2v) is 7.22. The van der Waals surface area contributed by atoms with Gasteiger partial charge in [0.15, 0.2) is 0 Å². The van der Waals surface area contributed by atoms with Crippen molar-refractivity contribution in [1.82, 2.24) is 9.88 Å². The minimum absolute atomic E-state index is 0.0723. The van der Waals surface area contributed by atoms with Crippen molar-refractivity contribution in [3.05, 3.63) is 53.7 Å². The zero-order chi connectivity index (χ0) is 18.1. The molecule has 0 radical (unpaired) electrons. The number of benzene rings is 2. The first-order valence-electron chi connectivity index (χ1n) is 8.45. The van der Waals surface area contributed by atoms with Crippen molar-refractivity contribution < 1.29 is 14.3 Å². The fourth-order valence-electron chi connectivity index (χ4n) is 3.34. The summed E-state index contributed by atoms with van der Waals surface area (Å²) in [5.41, 5.74) is 2.78. The Morgan fingerprint density at radius 2 is 2.08 bits per heavy atom. The van der Waals surface area contributed by atoms with Crippen LogP contribution in [0.4, 0.5) is 0 Å². The minimum Gasteiger partial charge on any atom is -0.497 e. The molecule has 6 heteroatoms. The number of aromatic nitrogens is 1. The van der Waals surface area contributed by atoms with E-state index < -0.39 is 0 Å². The summed E-state index contributed by atoms with van der Waals surface area (Å²) in [5, 5.41) is 4.13. The van der Waals surface area contributed by atoms with Crippen LogP contribution >= 0.6 is 11.8 Å². The molecule has 1 N–H and O–H groups in total. The third-order valence-electron chi connectivity index (χ3n) is 4.62. The van der Waals surface area contributed by atoms with Crippen LogP contribution in [0.15, 0.2) is 47.4 Å². The number of rotatable bonds is 5. The lowest BCUT2D eigenvalue weighted by atomic mass is 10.2. The zero-order valence-corrected chi connectivity index (χ0v) is 15.6. The highest BCUT2D eigenvalue weighted by molar-refractivity contribution is 7.99. The second kappa shape index (κ2) is 6.96. The van der Waals surface area contributed by atoms with E-state index in [0.717, 1.165) is 34.5 Å². The Hall–Kier alpha value is -2.60. The molecule has 0 atom stereocenters. The molecule has 0 bridgehead atoms. The van der Waals surface area contributed by atoms with Gasteiger partial charge in [-0.05, 0) is 24.3 Å². The molecule has 0 aliphatic carbocycles. The summed E-state index contributed by atoms with van der Waals surface area (Å²) >= 11 is 1.84. The largest absolute Gasteiger partial charge is 0.497 e. The summed E-state index contributed by atoms with van der Waals surface area (Å²) in [6, 6.07) is 13.8. The van der Waals surface area contributed by atoms with Crippen LogP contribution in [0.5, 0.6) is 11.5 Å². The molecule has 0 spiro atoms. The van der Waals surface area contributed by atoms with E-state index in [1.807, 2.05) is 42.1 Å². The maximum atomic E-state index is 12.8. The molecular formula is C20H20N2O3S. The van der Waals surface area contributed by atoms with Gasteiger partial charge < -0.3 is 19.4 Å². The Kier molecular flexibility index (Phi) is 4.51. The third-order valence-corrected chi connectivity index (χ3v) is 5.65. The van der Waals surface area contributed by atoms with Crippen molar-refractivity contribution in [2.24, 2.45) is 0 Å². The molecule has 134 valence electrons. The number of amides is 1. The molecule has 1 amide bonds. The van der Waals surface area contributed by atoms with Crippen LogP contribution in [-0.4, -0.2) is 30.4 Å². The van der Waals surface area contributed by atoms with Crippen LogP contribution in [0.3, 0.4) is 0 Å².